The molecular formula is C14H17N3. The summed E-state index contributed by atoms with van der Waals surface area (Å²) in [5.74, 6) is 1.73. The third-order valence-corrected chi connectivity index (χ3v) is 3.41. The maximum atomic E-state index is 4.52. The van der Waals surface area contributed by atoms with Crippen molar-refractivity contribution in [1.29, 1.82) is 0 Å². The third kappa shape index (κ3) is 1.98. The van der Waals surface area contributed by atoms with E-state index in [2.05, 4.69) is 52.3 Å². The number of hydrogen-bond acceptors (Lipinski definition) is 2. The third-order valence-electron chi connectivity index (χ3n) is 3.41. The molecule has 3 rings (SSSR count). The van der Waals surface area contributed by atoms with Crippen molar-refractivity contribution in [2.24, 2.45) is 0 Å². The van der Waals surface area contributed by atoms with Crippen molar-refractivity contribution in [2.45, 2.75) is 19.3 Å². The van der Waals surface area contributed by atoms with Gasteiger partial charge in [-0.2, -0.15) is 0 Å². The van der Waals surface area contributed by atoms with Gasteiger partial charge in [0.25, 0.3) is 0 Å². The highest BCUT2D eigenvalue weighted by molar-refractivity contribution is 5.36. The molecule has 88 valence electrons. The Kier molecular flexibility index (Phi) is 2.69. The van der Waals surface area contributed by atoms with Gasteiger partial charge in [0.2, 0.25) is 0 Å². The molecule has 0 bridgehead atoms. The molecule has 1 aromatic carbocycles. The molecule has 1 aromatic heterocycles. The molecule has 1 fully saturated rings. The second kappa shape index (κ2) is 4.34. The molecule has 1 unspecified atom stereocenters. The number of benzene rings is 1. The molecule has 0 radical (unpaired) electrons. The predicted molar refractivity (Wildman–Crippen MR) is 68.5 cm³/mol. The van der Waals surface area contributed by atoms with Crippen molar-refractivity contribution in [3.63, 3.8) is 0 Å². The van der Waals surface area contributed by atoms with Gasteiger partial charge in [0.1, 0.15) is 5.82 Å². The van der Waals surface area contributed by atoms with Gasteiger partial charge in [-0.25, -0.2) is 4.98 Å². The Bertz CT molecular complexity index is 492. The van der Waals surface area contributed by atoms with Crippen LogP contribution in [0.15, 0.2) is 36.7 Å². The second-order valence-corrected chi connectivity index (χ2v) is 4.68. The van der Waals surface area contributed by atoms with Crippen LogP contribution in [0.4, 0.5) is 0 Å². The first-order chi connectivity index (χ1) is 8.34. The Hall–Kier alpha value is -1.61. The standard InChI is InChI=1S/C14H17N3/c1-11-2-4-13(5-3-11)17-9-8-16-14(17)12-6-7-15-10-12/h2-5,8-9,12,15H,6-7,10H2,1H3. The molecule has 3 heteroatoms. The normalized spacial score (nSPS) is 19.7. The van der Waals surface area contributed by atoms with Crippen molar-refractivity contribution in [3.8, 4) is 5.69 Å². The van der Waals surface area contributed by atoms with Crippen LogP contribution in [0, 0.1) is 6.92 Å². The summed E-state index contributed by atoms with van der Waals surface area (Å²) in [6.07, 6.45) is 5.13. The summed E-state index contributed by atoms with van der Waals surface area (Å²) in [6, 6.07) is 8.60. The predicted octanol–water partition coefficient (Wildman–Crippen LogP) is 2.26. The molecule has 1 aliphatic heterocycles. The van der Waals surface area contributed by atoms with Gasteiger partial charge in [0, 0.05) is 30.5 Å². The first-order valence-electron chi connectivity index (χ1n) is 6.15. The zero-order valence-corrected chi connectivity index (χ0v) is 10.1. The molecule has 1 N–H and O–H groups in total. The fourth-order valence-electron chi connectivity index (χ4n) is 2.42. The fourth-order valence-corrected chi connectivity index (χ4v) is 2.42. The summed E-state index contributed by atoms with van der Waals surface area (Å²) < 4.78 is 2.21. The number of rotatable bonds is 2. The number of nitrogens with one attached hydrogen (secondary N) is 1. The summed E-state index contributed by atoms with van der Waals surface area (Å²) in [5, 5.41) is 3.40. The lowest BCUT2D eigenvalue weighted by molar-refractivity contribution is 0.687. The maximum Gasteiger partial charge on any atom is 0.117 e. The Morgan fingerprint density at radius 2 is 2.12 bits per heavy atom. The SMILES string of the molecule is Cc1ccc(-n2ccnc2C2CCNC2)cc1. The lowest BCUT2D eigenvalue weighted by Gasteiger charge is -2.12. The Labute approximate surface area is 101 Å². The van der Waals surface area contributed by atoms with Crippen molar-refractivity contribution in [1.82, 2.24) is 14.9 Å². The summed E-state index contributed by atoms with van der Waals surface area (Å²) in [4.78, 5) is 4.52. The molecular weight excluding hydrogens is 210 g/mol. The second-order valence-electron chi connectivity index (χ2n) is 4.68. The molecule has 2 heterocycles. The van der Waals surface area contributed by atoms with E-state index in [-0.39, 0.29) is 0 Å². The Morgan fingerprint density at radius 3 is 2.82 bits per heavy atom. The van der Waals surface area contributed by atoms with Crippen LogP contribution in [-0.2, 0) is 0 Å². The van der Waals surface area contributed by atoms with Crippen LogP contribution in [0.2, 0.25) is 0 Å². The molecule has 0 spiro atoms. The summed E-state index contributed by atoms with van der Waals surface area (Å²) in [5.41, 5.74) is 2.49. The summed E-state index contributed by atoms with van der Waals surface area (Å²) in [7, 11) is 0. The van der Waals surface area contributed by atoms with Crippen LogP contribution in [0.25, 0.3) is 5.69 Å². The van der Waals surface area contributed by atoms with Crippen molar-refractivity contribution < 1.29 is 0 Å². The van der Waals surface area contributed by atoms with Crippen LogP contribution in [0.3, 0.4) is 0 Å². The largest absolute Gasteiger partial charge is 0.316 e. The lowest BCUT2D eigenvalue weighted by Crippen LogP contribution is -2.11. The van der Waals surface area contributed by atoms with E-state index in [1.807, 2.05) is 6.20 Å². The van der Waals surface area contributed by atoms with Gasteiger partial charge in [-0.3, -0.25) is 0 Å². The van der Waals surface area contributed by atoms with E-state index in [1.54, 1.807) is 0 Å². The van der Waals surface area contributed by atoms with Crippen LogP contribution < -0.4 is 5.32 Å². The van der Waals surface area contributed by atoms with Crippen LogP contribution in [0.5, 0.6) is 0 Å². The minimum Gasteiger partial charge on any atom is -0.316 e. The van der Waals surface area contributed by atoms with E-state index in [4.69, 9.17) is 0 Å². The maximum absolute atomic E-state index is 4.52. The van der Waals surface area contributed by atoms with Gasteiger partial charge in [0.15, 0.2) is 0 Å². The average molecular weight is 227 g/mol. The van der Waals surface area contributed by atoms with Crippen molar-refractivity contribution in [3.05, 3.63) is 48.0 Å². The van der Waals surface area contributed by atoms with Gasteiger partial charge in [-0.05, 0) is 32.0 Å². The quantitative estimate of drug-likeness (QED) is 0.853. The number of hydrogen-bond donors (Lipinski definition) is 1. The average Bonchev–Trinajstić information content (AvgIpc) is 3.00. The summed E-state index contributed by atoms with van der Waals surface area (Å²) >= 11 is 0. The topological polar surface area (TPSA) is 29.9 Å². The molecule has 1 saturated heterocycles. The number of aryl methyl sites for hydroxylation is 1. The molecule has 0 amide bonds. The van der Waals surface area contributed by atoms with E-state index in [9.17, 15) is 0 Å². The van der Waals surface area contributed by atoms with Gasteiger partial charge >= 0.3 is 0 Å². The van der Waals surface area contributed by atoms with Gasteiger partial charge in [-0.15, -0.1) is 0 Å². The van der Waals surface area contributed by atoms with Gasteiger partial charge in [0.05, 0.1) is 0 Å². The Balaban J connectivity index is 1.97. The molecule has 1 atom stereocenters. The van der Waals surface area contributed by atoms with Gasteiger partial charge < -0.3 is 9.88 Å². The fraction of sp³-hybridized carbons (Fsp3) is 0.357. The van der Waals surface area contributed by atoms with E-state index in [0.29, 0.717) is 5.92 Å². The van der Waals surface area contributed by atoms with Crippen LogP contribution in [0.1, 0.15) is 23.7 Å². The lowest BCUT2D eigenvalue weighted by atomic mass is 10.1. The number of nitrogens with zero attached hydrogens (tertiary/aromatic N) is 2. The zero-order valence-electron chi connectivity index (χ0n) is 10.1. The van der Waals surface area contributed by atoms with Gasteiger partial charge in [-0.1, -0.05) is 17.7 Å². The molecule has 0 saturated carbocycles. The van der Waals surface area contributed by atoms with E-state index in [1.165, 1.54) is 23.5 Å². The van der Waals surface area contributed by atoms with Crippen LogP contribution >= 0.6 is 0 Å². The smallest absolute Gasteiger partial charge is 0.117 e. The molecule has 17 heavy (non-hydrogen) atoms. The van der Waals surface area contributed by atoms with Crippen molar-refractivity contribution in [2.75, 3.05) is 13.1 Å². The first kappa shape index (κ1) is 10.5. The number of imidazole rings is 1. The molecule has 0 aliphatic carbocycles. The van der Waals surface area contributed by atoms with E-state index in [0.717, 1.165) is 13.1 Å². The first-order valence-corrected chi connectivity index (χ1v) is 6.15. The monoisotopic (exact) mass is 227 g/mol. The highest BCUT2D eigenvalue weighted by Gasteiger charge is 2.21. The minimum atomic E-state index is 0.548. The Morgan fingerprint density at radius 1 is 1.29 bits per heavy atom. The highest BCUT2D eigenvalue weighted by Crippen LogP contribution is 2.23. The van der Waals surface area contributed by atoms with Crippen LogP contribution in [-0.4, -0.2) is 22.6 Å². The number of aromatic nitrogens is 2. The zero-order chi connectivity index (χ0) is 11.7. The molecule has 2 aromatic rings. The minimum absolute atomic E-state index is 0.548. The summed E-state index contributed by atoms with van der Waals surface area (Å²) in [6.45, 7) is 4.26. The van der Waals surface area contributed by atoms with E-state index >= 15 is 0 Å². The molecule has 3 nitrogen and oxygen atoms in total. The highest BCUT2D eigenvalue weighted by atomic mass is 15.1. The van der Waals surface area contributed by atoms with Crippen molar-refractivity contribution >= 4 is 0 Å². The molecule has 1 aliphatic rings. The van der Waals surface area contributed by atoms with E-state index < -0.39 is 0 Å².